The number of nitrogens with zero attached hydrogens (tertiary/aromatic N) is 4. The minimum Gasteiger partial charge on any atom is -0.354 e. The third-order valence-corrected chi connectivity index (χ3v) is 7.55. The number of sulfone groups is 1. The first-order chi connectivity index (χ1) is 12.2. The van der Waals surface area contributed by atoms with Crippen LogP contribution in [0.25, 0.3) is 11.0 Å². The molecule has 0 aliphatic carbocycles. The van der Waals surface area contributed by atoms with E-state index in [1.807, 2.05) is 30.0 Å². The van der Waals surface area contributed by atoms with Gasteiger partial charge >= 0.3 is 0 Å². The van der Waals surface area contributed by atoms with Crippen LogP contribution in [-0.2, 0) is 16.4 Å². The molecule has 0 saturated carbocycles. The standard InChI is InChI=1S/C18H27N5O2S/c1-14-21-15-7-5-6-8-16(15)23(14)10-9-20-17(19-4)22-11-12-26(24,25)18(2,3)13-22/h5-8H,9-13H2,1-4H3,(H,19,20). The van der Waals surface area contributed by atoms with E-state index >= 15 is 0 Å². The van der Waals surface area contributed by atoms with Gasteiger partial charge in [0.05, 0.1) is 21.5 Å². The van der Waals surface area contributed by atoms with Gasteiger partial charge in [-0.15, -0.1) is 0 Å². The Labute approximate surface area is 155 Å². The SMILES string of the molecule is CN=C(NCCn1c(C)nc2ccccc21)N1CCS(=O)(=O)C(C)(C)C1. The Balaban J connectivity index is 1.66. The van der Waals surface area contributed by atoms with Crippen LogP contribution in [0, 0.1) is 6.92 Å². The van der Waals surface area contributed by atoms with Crippen molar-refractivity contribution in [2.45, 2.75) is 32.1 Å². The molecule has 1 aliphatic heterocycles. The number of fused-ring (bicyclic) bond motifs is 1. The lowest BCUT2D eigenvalue weighted by Gasteiger charge is -2.39. The Morgan fingerprint density at radius 2 is 2.08 bits per heavy atom. The van der Waals surface area contributed by atoms with Crippen LogP contribution >= 0.6 is 0 Å². The van der Waals surface area contributed by atoms with Crippen molar-refractivity contribution in [2.75, 3.05) is 32.4 Å². The Bertz CT molecular complexity index is 930. The van der Waals surface area contributed by atoms with Gasteiger partial charge in [-0.1, -0.05) is 12.1 Å². The molecule has 142 valence electrons. The molecule has 1 aromatic heterocycles. The number of hydrogen-bond donors (Lipinski definition) is 1. The number of aliphatic imine (C=N–C) groups is 1. The molecule has 2 aromatic rings. The van der Waals surface area contributed by atoms with E-state index in [0.717, 1.165) is 29.4 Å². The van der Waals surface area contributed by atoms with Gasteiger partial charge in [0, 0.05) is 33.2 Å². The topological polar surface area (TPSA) is 79.6 Å². The van der Waals surface area contributed by atoms with Gasteiger partial charge in [0.25, 0.3) is 0 Å². The fourth-order valence-corrected chi connectivity index (χ4v) is 4.78. The molecule has 1 aliphatic rings. The summed E-state index contributed by atoms with van der Waals surface area (Å²) in [5, 5.41) is 3.37. The smallest absolute Gasteiger partial charge is 0.193 e. The minimum absolute atomic E-state index is 0.159. The molecule has 1 aromatic carbocycles. The van der Waals surface area contributed by atoms with E-state index in [0.29, 0.717) is 19.6 Å². The first-order valence-electron chi connectivity index (χ1n) is 8.85. The quantitative estimate of drug-likeness (QED) is 0.647. The second-order valence-corrected chi connectivity index (χ2v) is 10.0. The van der Waals surface area contributed by atoms with Gasteiger partial charge in [0.15, 0.2) is 15.8 Å². The average Bonchev–Trinajstić information content (AvgIpc) is 2.90. The van der Waals surface area contributed by atoms with Gasteiger partial charge in [-0.3, -0.25) is 4.99 Å². The molecule has 0 bridgehead atoms. The molecular weight excluding hydrogens is 350 g/mol. The van der Waals surface area contributed by atoms with Crippen LogP contribution in [0.5, 0.6) is 0 Å². The summed E-state index contributed by atoms with van der Waals surface area (Å²) in [6.07, 6.45) is 0. The number of benzene rings is 1. The van der Waals surface area contributed by atoms with Crippen molar-refractivity contribution < 1.29 is 8.42 Å². The molecule has 0 unspecified atom stereocenters. The number of imidazole rings is 1. The third kappa shape index (κ3) is 3.42. The number of rotatable bonds is 3. The van der Waals surface area contributed by atoms with Crippen molar-refractivity contribution in [3.05, 3.63) is 30.1 Å². The van der Waals surface area contributed by atoms with E-state index in [4.69, 9.17) is 0 Å². The van der Waals surface area contributed by atoms with Crippen LogP contribution in [0.3, 0.4) is 0 Å². The lowest BCUT2D eigenvalue weighted by atomic mass is 10.2. The van der Waals surface area contributed by atoms with Crippen molar-refractivity contribution in [1.29, 1.82) is 0 Å². The van der Waals surface area contributed by atoms with Crippen molar-refractivity contribution in [3.63, 3.8) is 0 Å². The van der Waals surface area contributed by atoms with Gasteiger partial charge in [-0.05, 0) is 32.9 Å². The fourth-order valence-electron chi connectivity index (χ4n) is 3.41. The summed E-state index contributed by atoms with van der Waals surface area (Å²) in [5.74, 6) is 1.88. The molecule has 0 amide bonds. The first-order valence-corrected chi connectivity index (χ1v) is 10.5. The van der Waals surface area contributed by atoms with E-state index in [9.17, 15) is 8.42 Å². The highest BCUT2D eigenvalue weighted by atomic mass is 32.2. The highest BCUT2D eigenvalue weighted by Crippen LogP contribution is 2.23. The van der Waals surface area contributed by atoms with Crippen LogP contribution in [0.1, 0.15) is 19.7 Å². The summed E-state index contributed by atoms with van der Waals surface area (Å²) in [4.78, 5) is 11.0. The van der Waals surface area contributed by atoms with Crippen LogP contribution < -0.4 is 5.32 Å². The minimum atomic E-state index is -3.06. The Kier molecular flexibility index (Phi) is 4.96. The molecule has 1 N–H and O–H groups in total. The molecule has 7 nitrogen and oxygen atoms in total. The summed E-state index contributed by atoms with van der Waals surface area (Å²) < 4.78 is 25.8. The normalized spacial score (nSPS) is 19.7. The Morgan fingerprint density at radius 1 is 1.35 bits per heavy atom. The van der Waals surface area contributed by atoms with Gasteiger partial charge in [-0.2, -0.15) is 0 Å². The Morgan fingerprint density at radius 3 is 2.77 bits per heavy atom. The lowest BCUT2D eigenvalue weighted by molar-refractivity contribution is 0.353. The van der Waals surface area contributed by atoms with Gasteiger partial charge < -0.3 is 14.8 Å². The van der Waals surface area contributed by atoms with E-state index in [1.54, 1.807) is 20.9 Å². The number of nitrogens with one attached hydrogen (secondary N) is 1. The molecule has 3 rings (SSSR count). The highest BCUT2D eigenvalue weighted by molar-refractivity contribution is 7.92. The molecule has 26 heavy (non-hydrogen) atoms. The summed E-state index contributed by atoms with van der Waals surface area (Å²) in [7, 11) is -1.33. The largest absolute Gasteiger partial charge is 0.354 e. The van der Waals surface area contributed by atoms with E-state index in [2.05, 4.69) is 25.9 Å². The third-order valence-electron chi connectivity index (χ3n) is 5.02. The summed E-state index contributed by atoms with van der Waals surface area (Å²) >= 11 is 0. The van der Waals surface area contributed by atoms with Crippen molar-refractivity contribution >= 4 is 26.8 Å². The summed E-state index contributed by atoms with van der Waals surface area (Å²) in [6, 6.07) is 8.09. The zero-order valence-electron chi connectivity index (χ0n) is 15.9. The molecule has 1 saturated heterocycles. The fraction of sp³-hybridized carbons (Fsp3) is 0.556. The number of aryl methyl sites for hydroxylation is 1. The monoisotopic (exact) mass is 377 g/mol. The second-order valence-electron chi connectivity index (χ2n) is 7.27. The van der Waals surface area contributed by atoms with Crippen molar-refractivity contribution in [1.82, 2.24) is 19.8 Å². The molecule has 0 atom stereocenters. The van der Waals surface area contributed by atoms with Gasteiger partial charge in [-0.25, -0.2) is 13.4 Å². The second kappa shape index (κ2) is 6.90. The van der Waals surface area contributed by atoms with Crippen LogP contribution in [0.15, 0.2) is 29.3 Å². The Hall–Kier alpha value is -2.09. The van der Waals surface area contributed by atoms with Crippen LogP contribution in [0.2, 0.25) is 0 Å². The summed E-state index contributed by atoms with van der Waals surface area (Å²) in [5.41, 5.74) is 2.12. The zero-order chi connectivity index (χ0) is 18.9. The van der Waals surface area contributed by atoms with E-state index in [1.165, 1.54) is 0 Å². The molecule has 0 spiro atoms. The molecular formula is C18H27N5O2S. The van der Waals surface area contributed by atoms with Gasteiger partial charge in [0.1, 0.15) is 5.82 Å². The lowest BCUT2D eigenvalue weighted by Crippen LogP contribution is -2.57. The molecule has 8 heteroatoms. The predicted octanol–water partition coefficient (Wildman–Crippen LogP) is 1.43. The predicted molar refractivity (Wildman–Crippen MR) is 105 cm³/mol. The maximum absolute atomic E-state index is 12.2. The van der Waals surface area contributed by atoms with E-state index < -0.39 is 14.6 Å². The molecule has 0 radical (unpaired) electrons. The summed E-state index contributed by atoms with van der Waals surface area (Å²) in [6.45, 7) is 7.94. The van der Waals surface area contributed by atoms with Crippen molar-refractivity contribution in [2.24, 2.45) is 4.99 Å². The van der Waals surface area contributed by atoms with Gasteiger partial charge in [0.2, 0.25) is 0 Å². The first kappa shape index (κ1) is 18.7. The van der Waals surface area contributed by atoms with Crippen LogP contribution in [-0.4, -0.2) is 66.0 Å². The molecule has 2 heterocycles. The molecule has 1 fully saturated rings. The van der Waals surface area contributed by atoms with Crippen LogP contribution in [0.4, 0.5) is 0 Å². The zero-order valence-corrected chi connectivity index (χ0v) is 16.7. The van der Waals surface area contributed by atoms with Crippen molar-refractivity contribution in [3.8, 4) is 0 Å². The maximum Gasteiger partial charge on any atom is 0.193 e. The number of hydrogen-bond acceptors (Lipinski definition) is 4. The number of guanidine groups is 1. The highest BCUT2D eigenvalue weighted by Gasteiger charge is 2.40. The van der Waals surface area contributed by atoms with E-state index in [-0.39, 0.29) is 5.75 Å². The number of para-hydroxylation sites is 2. The maximum atomic E-state index is 12.2. The number of aromatic nitrogens is 2. The average molecular weight is 378 g/mol.